The quantitative estimate of drug-likeness (QED) is 0.338. The number of benzene rings is 3. The molecule has 9 nitrogen and oxygen atoms in total. The van der Waals surface area contributed by atoms with E-state index in [4.69, 9.17) is 18.9 Å². The van der Waals surface area contributed by atoms with Crippen LogP contribution in [0.4, 0.5) is 5.69 Å². The highest BCUT2D eigenvalue weighted by Gasteiger charge is 2.29. The highest BCUT2D eigenvalue weighted by atomic mass is 32.2. The van der Waals surface area contributed by atoms with Crippen LogP contribution in [0.25, 0.3) is 0 Å². The SMILES string of the molecule is COc1ccc(S(=O)(=O)N(CC(=O)NCCCc2ccc(OC)c(OC)c2)c2ccccc2OC)cc1. The van der Waals surface area contributed by atoms with Crippen LogP contribution >= 0.6 is 0 Å². The molecule has 0 radical (unpaired) electrons. The first-order valence-electron chi connectivity index (χ1n) is 11.6. The van der Waals surface area contributed by atoms with E-state index >= 15 is 0 Å². The topological polar surface area (TPSA) is 103 Å². The van der Waals surface area contributed by atoms with Gasteiger partial charge in [-0.15, -0.1) is 0 Å². The number of anilines is 1. The molecule has 0 aromatic heterocycles. The molecule has 0 saturated carbocycles. The van der Waals surface area contributed by atoms with Crippen molar-refractivity contribution in [2.24, 2.45) is 0 Å². The molecule has 0 aliphatic rings. The van der Waals surface area contributed by atoms with Gasteiger partial charge in [0.05, 0.1) is 39.0 Å². The number of amides is 1. The number of carbonyl (C=O) groups excluding carboxylic acids is 1. The number of hydrogen-bond donors (Lipinski definition) is 1. The van der Waals surface area contributed by atoms with E-state index in [1.165, 1.54) is 26.4 Å². The van der Waals surface area contributed by atoms with E-state index in [0.29, 0.717) is 42.4 Å². The summed E-state index contributed by atoms with van der Waals surface area (Å²) < 4.78 is 49.3. The number of para-hydroxylation sites is 2. The third-order valence-electron chi connectivity index (χ3n) is 5.70. The van der Waals surface area contributed by atoms with Crippen molar-refractivity contribution in [3.8, 4) is 23.0 Å². The van der Waals surface area contributed by atoms with Gasteiger partial charge in [-0.1, -0.05) is 18.2 Å². The van der Waals surface area contributed by atoms with Gasteiger partial charge in [-0.25, -0.2) is 8.42 Å². The number of nitrogens with zero attached hydrogens (tertiary/aromatic N) is 1. The Hall–Kier alpha value is -3.92. The van der Waals surface area contributed by atoms with Gasteiger partial charge in [0.2, 0.25) is 5.91 Å². The Morgan fingerprint density at radius 1 is 0.811 bits per heavy atom. The third-order valence-corrected chi connectivity index (χ3v) is 7.47. The zero-order valence-corrected chi connectivity index (χ0v) is 22.2. The molecule has 0 atom stereocenters. The zero-order chi connectivity index (χ0) is 26.8. The Bertz CT molecular complexity index is 1290. The lowest BCUT2D eigenvalue weighted by molar-refractivity contribution is -0.119. The average molecular weight is 529 g/mol. The van der Waals surface area contributed by atoms with Crippen molar-refractivity contribution in [2.45, 2.75) is 17.7 Å². The van der Waals surface area contributed by atoms with E-state index in [9.17, 15) is 13.2 Å². The fraction of sp³-hybridized carbons (Fsp3) is 0.296. The van der Waals surface area contributed by atoms with Gasteiger partial charge >= 0.3 is 0 Å². The molecular formula is C27H32N2O7S. The minimum atomic E-state index is -4.08. The van der Waals surface area contributed by atoms with Gasteiger partial charge in [-0.05, 0) is 66.9 Å². The number of methoxy groups -OCH3 is 4. The summed E-state index contributed by atoms with van der Waals surface area (Å²) >= 11 is 0. The highest BCUT2D eigenvalue weighted by Crippen LogP contribution is 2.32. The molecule has 0 fully saturated rings. The lowest BCUT2D eigenvalue weighted by Gasteiger charge is -2.25. The van der Waals surface area contributed by atoms with E-state index in [-0.39, 0.29) is 10.6 Å². The summed E-state index contributed by atoms with van der Waals surface area (Å²) in [6, 6.07) is 18.3. The molecule has 1 amide bonds. The second kappa shape index (κ2) is 12.9. The molecule has 0 aliphatic heterocycles. The number of carbonyl (C=O) groups is 1. The largest absolute Gasteiger partial charge is 0.497 e. The van der Waals surface area contributed by atoms with Gasteiger partial charge < -0.3 is 24.3 Å². The van der Waals surface area contributed by atoms with Crippen molar-refractivity contribution in [2.75, 3.05) is 45.8 Å². The fourth-order valence-corrected chi connectivity index (χ4v) is 5.18. The van der Waals surface area contributed by atoms with E-state index in [2.05, 4.69) is 5.32 Å². The minimum Gasteiger partial charge on any atom is -0.497 e. The highest BCUT2D eigenvalue weighted by molar-refractivity contribution is 7.92. The van der Waals surface area contributed by atoms with Gasteiger partial charge in [-0.3, -0.25) is 9.10 Å². The summed E-state index contributed by atoms with van der Waals surface area (Å²) in [6.45, 7) is -0.0411. The Morgan fingerprint density at radius 3 is 2.14 bits per heavy atom. The lowest BCUT2D eigenvalue weighted by Crippen LogP contribution is -2.41. The number of nitrogens with one attached hydrogen (secondary N) is 1. The van der Waals surface area contributed by atoms with Crippen LogP contribution in [0.3, 0.4) is 0 Å². The Balaban J connectivity index is 1.72. The Kier molecular flexibility index (Phi) is 9.62. The molecule has 10 heteroatoms. The average Bonchev–Trinajstić information content (AvgIpc) is 2.93. The summed E-state index contributed by atoms with van der Waals surface area (Å²) in [5.74, 6) is 1.71. The van der Waals surface area contributed by atoms with E-state index in [1.54, 1.807) is 50.6 Å². The van der Waals surface area contributed by atoms with Crippen molar-refractivity contribution in [1.29, 1.82) is 0 Å². The monoisotopic (exact) mass is 528 g/mol. The smallest absolute Gasteiger partial charge is 0.264 e. The third kappa shape index (κ3) is 6.85. The van der Waals surface area contributed by atoms with Crippen LogP contribution in [0.15, 0.2) is 71.6 Å². The maximum Gasteiger partial charge on any atom is 0.264 e. The molecule has 3 rings (SSSR count). The molecule has 198 valence electrons. The van der Waals surface area contributed by atoms with Crippen LogP contribution in [0.5, 0.6) is 23.0 Å². The normalized spacial score (nSPS) is 10.9. The summed E-state index contributed by atoms with van der Waals surface area (Å²) in [7, 11) is 2.02. The molecule has 0 spiro atoms. The van der Waals surface area contributed by atoms with Crippen LogP contribution in [0, 0.1) is 0 Å². The molecule has 3 aromatic rings. The molecule has 0 bridgehead atoms. The van der Waals surface area contributed by atoms with Gasteiger partial charge in [-0.2, -0.15) is 0 Å². The lowest BCUT2D eigenvalue weighted by atomic mass is 10.1. The van der Waals surface area contributed by atoms with Crippen molar-refractivity contribution in [3.63, 3.8) is 0 Å². The van der Waals surface area contributed by atoms with E-state index in [1.807, 2.05) is 18.2 Å². The van der Waals surface area contributed by atoms with Gasteiger partial charge in [0.15, 0.2) is 11.5 Å². The van der Waals surface area contributed by atoms with Crippen molar-refractivity contribution in [1.82, 2.24) is 5.32 Å². The molecule has 0 aliphatic carbocycles. The van der Waals surface area contributed by atoms with Crippen LogP contribution < -0.4 is 28.6 Å². The molecule has 0 unspecified atom stereocenters. The number of ether oxygens (including phenoxy) is 4. The predicted octanol–water partition coefficient (Wildman–Crippen LogP) is 3.67. The van der Waals surface area contributed by atoms with Crippen LogP contribution in [0.1, 0.15) is 12.0 Å². The standard InChI is InChI=1S/C27H32N2O7S/c1-33-21-12-14-22(15-13-21)37(31,32)29(23-9-5-6-10-24(23)34-2)19-27(30)28-17-7-8-20-11-16-25(35-3)26(18-20)36-4/h5-6,9-16,18H,7-8,17,19H2,1-4H3,(H,28,30). The van der Waals surface area contributed by atoms with E-state index < -0.39 is 22.5 Å². The predicted molar refractivity (Wildman–Crippen MR) is 141 cm³/mol. The first-order chi connectivity index (χ1) is 17.8. The van der Waals surface area contributed by atoms with Crippen LogP contribution in [-0.4, -0.2) is 55.9 Å². The second-order valence-electron chi connectivity index (χ2n) is 8.00. The number of sulfonamides is 1. The number of hydrogen-bond acceptors (Lipinski definition) is 7. The summed E-state index contributed by atoms with van der Waals surface area (Å²) in [4.78, 5) is 12.9. The van der Waals surface area contributed by atoms with E-state index in [0.717, 1.165) is 9.87 Å². The summed E-state index contributed by atoms with van der Waals surface area (Å²) in [5, 5.41) is 2.82. The molecule has 3 aromatic carbocycles. The molecular weight excluding hydrogens is 496 g/mol. The first kappa shape index (κ1) is 27.7. The molecule has 37 heavy (non-hydrogen) atoms. The van der Waals surface area contributed by atoms with Crippen molar-refractivity contribution < 1.29 is 32.2 Å². The second-order valence-corrected chi connectivity index (χ2v) is 9.86. The fourth-order valence-electron chi connectivity index (χ4n) is 3.75. The van der Waals surface area contributed by atoms with Gasteiger partial charge in [0.25, 0.3) is 10.0 Å². The van der Waals surface area contributed by atoms with Crippen molar-refractivity contribution in [3.05, 3.63) is 72.3 Å². The first-order valence-corrected chi connectivity index (χ1v) is 13.1. The Labute approximate surface area is 218 Å². The Morgan fingerprint density at radius 2 is 1.49 bits per heavy atom. The molecule has 1 N–H and O–H groups in total. The van der Waals surface area contributed by atoms with Gasteiger partial charge in [0.1, 0.15) is 18.0 Å². The van der Waals surface area contributed by atoms with Gasteiger partial charge in [0, 0.05) is 6.54 Å². The number of rotatable bonds is 13. The van der Waals surface area contributed by atoms with Crippen molar-refractivity contribution >= 4 is 21.6 Å². The van der Waals surface area contributed by atoms with Crippen LogP contribution in [-0.2, 0) is 21.2 Å². The summed E-state index contributed by atoms with van der Waals surface area (Å²) in [6.07, 6.45) is 1.35. The minimum absolute atomic E-state index is 0.0282. The zero-order valence-electron chi connectivity index (χ0n) is 21.4. The molecule has 0 saturated heterocycles. The maximum absolute atomic E-state index is 13.6. The van der Waals surface area contributed by atoms with Crippen LogP contribution in [0.2, 0.25) is 0 Å². The number of aryl methyl sites for hydroxylation is 1. The summed E-state index contributed by atoms with van der Waals surface area (Å²) in [5.41, 5.74) is 1.30. The maximum atomic E-state index is 13.6. The molecule has 0 heterocycles.